The fourth-order valence-electron chi connectivity index (χ4n) is 4.69. The van der Waals surface area contributed by atoms with Gasteiger partial charge in [-0.1, -0.05) is 51.1 Å². The molecule has 10 nitrogen and oxygen atoms in total. The van der Waals surface area contributed by atoms with Crippen LogP contribution in [0.4, 0.5) is 5.69 Å². The lowest BCUT2D eigenvalue weighted by Gasteiger charge is -2.31. The molecule has 4 N–H and O–H groups in total. The van der Waals surface area contributed by atoms with Gasteiger partial charge in [-0.15, -0.1) is 0 Å². The summed E-state index contributed by atoms with van der Waals surface area (Å²) in [4.78, 5) is 26.4. The van der Waals surface area contributed by atoms with Crippen molar-refractivity contribution in [1.29, 1.82) is 0 Å². The Morgan fingerprint density at radius 3 is 2.14 bits per heavy atom. The van der Waals surface area contributed by atoms with Crippen LogP contribution in [0.15, 0.2) is 77.7 Å². The van der Waals surface area contributed by atoms with E-state index < -0.39 is 28.1 Å². The highest BCUT2D eigenvalue weighted by Gasteiger charge is 2.31. The number of aliphatic hydroxyl groups is 1. The zero-order valence-electron chi connectivity index (χ0n) is 26.0. The van der Waals surface area contributed by atoms with Crippen LogP contribution in [0.1, 0.15) is 53.5 Å². The predicted molar refractivity (Wildman–Crippen MR) is 173 cm³/mol. The van der Waals surface area contributed by atoms with Crippen LogP contribution in [-0.2, 0) is 16.4 Å². The number of benzene rings is 3. The van der Waals surface area contributed by atoms with Crippen molar-refractivity contribution in [2.24, 2.45) is 5.92 Å². The molecule has 0 aliphatic carbocycles. The molecule has 3 rings (SSSR count). The van der Waals surface area contributed by atoms with Crippen LogP contribution in [0, 0.1) is 5.92 Å². The van der Waals surface area contributed by atoms with Crippen molar-refractivity contribution in [3.63, 3.8) is 0 Å². The predicted octanol–water partition coefficient (Wildman–Crippen LogP) is 3.93. The number of hydrogen-bond donors (Lipinski definition) is 4. The largest absolute Gasteiger partial charge is 0.497 e. The number of ether oxygens (including phenoxy) is 1. The number of methoxy groups -OCH3 is 1. The van der Waals surface area contributed by atoms with Gasteiger partial charge in [0.2, 0.25) is 10.0 Å². The maximum absolute atomic E-state index is 13.7. The number of amides is 2. The van der Waals surface area contributed by atoms with Gasteiger partial charge in [0.15, 0.2) is 0 Å². The first kappa shape index (κ1) is 34.6. The number of nitrogens with zero attached hydrogens (tertiary/aromatic N) is 1. The molecule has 44 heavy (non-hydrogen) atoms. The Hall–Kier alpha value is -3.93. The highest BCUT2D eigenvalue weighted by molar-refractivity contribution is 7.89. The van der Waals surface area contributed by atoms with Crippen molar-refractivity contribution in [1.82, 2.24) is 14.9 Å². The summed E-state index contributed by atoms with van der Waals surface area (Å²) < 4.78 is 33.9. The topological polar surface area (TPSA) is 137 Å². The SMILES string of the molecule is CCCNC(=O)c1cc(NC)cc(C(=O)N[C@@H](Cc2ccccc2)[C@H](O)CN(CC(C)C)S(=O)(=O)c2ccc(OC)cc2)c1. The molecule has 0 heterocycles. The molecule has 3 aromatic carbocycles. The van der Waals surface area contributed by atoms with Crippen molar-refractivity contribution in [2.45, 2.75) is 50.7 Å². The third-order valence-electron chi connectivity index (χ3n) is 7.02. The first-order valence-corrected chi connectivity index (χ1v) is 16.2. The van der Waals surface area contributed by atoms with Gasteiger partial charge < -0.3 is 25.8 Å². The first-order valence-electron chi connectivity index (χ1n) is 14.8. The molecule has 0 aromatic heterocycles. The maximum Gasteiger partial charge on any atom is 0.251 e. The van der Waals surface area contributed by atoms with E-state index in [-0.39, 0.29) is 41.8 Å². The molecular weight excluding hydrogens is 580 g/mol. The van der Waals surface area contributed by atoms with Gasteiger partial charge >= 0.3 is 0 Å². The summed E-state index contributed by atoms with van der Waals surface area (Å²) in [7, 11) is -0.786. The number of hydrogen-bond acceptors (Lipinski definition) is 7. The van der Waals surface area contributed by atoms with E-state index in [9.17, 15) is 23.1 Å². The van der Waals surface area contributed by atoms with E-state index in [0.717, 1.165) is 12.0 Å². The molecule has 2 atom stereocenters. The molecular formula is C33H44N4O6S. The van der Waals surface area contributed by atoms with Crippen molar-refractivity contribution in [3.8, 4) is 5.75 Å². The Kier molecular flexibility index (Phi) is 12.7. The van der Waals surface area contributed by atoms with Gasteiger partial charge in [-0.25, -0.2) is 8.42 Å². The number of anilines is 1. The Morgan fingerprint density at radius 2 is 1.57 bits per heavy atom. The van der Waals surface area contributed by atoms with Crippen LogP contribution in [0.2, 0.25) is 0 Å². The Balaban J connectivity index is 1.93. The molecule has 0 saturated carbocycles. The smallest absolute Gasteiger partial charge is 0.251 e. The fourth-order valence-corrected chi connectivity index (χ4v) is 6.31. The number of carbonyl (C=O) groups excluding carboxylic acids is 2. The quantitative estimate of drug-likeness (QED) is 0.190. The van der Waals surface area contributed by atoms with Gasteiger partial charge in [0.25, 0.3) is 11.8 Å². The zero-order valence-corrected chi connectivity index (χ0v) is 26.9. The molecule has 0 fully saturated rings. The minimum absolute atomic E-state index is 0.0288. The summed E-state index contributed by atoms with van der Waals surface area (Å²) in [5.41, 5.74) is 1.99. The molecule has 0 aliphatic rings. The summed E-state index contributed by atoms with van der Waals surface area (Å²) in [6.07, 6.45) is -0.237. The molecule has 0 saturated heterocycles. The van der Waals surface area contributed by atoms with Crippen LogP contribution in [-0.4, -0.2) is 75.6 Å². The number of carbonyl (C=O) groups is 2. The van der Waals surface area contributed by atoms with Crippen LogP contribution in [0.5, 0.6) is 5.75 Å². The van der Waals surface area contributed by atoms with E-state index in [0.29, 0.717) is 23.5 Å². The number of aliphatic hydroxyl groups excluding tert-OH is 1. The molecule has 0 aliphatic heterocycles. The molecule has 2 amide bonds. The lowest BCUT2D eigenvalue weighted by Crippen LogP contribution is -2.51. The van der Waals surface area contributed by atoms with Crippen molar-refractivity contribution >= 4 is 27.5 Å². The van der Waals surface area contributed by atoms with Crippen LogP contribution in [0.3, 0.4) is 0 Å². The number of rotatable bonds is 16. The van der Waals surface area contributed by atoms with Crippen LogP contribution < -0.4 is 20.7 Å². The van der Waals surface area contributed by atoms with Gasteiger partial charge in [0.1, 0.15) is 5.75 Å². The maximum atomic E-state index is 13.7. The number of sulfonamides is 1. The second-order valence-corrected chi connectivity index (χ2v) is 13.0. The lowest BCUT2D eigenvalue weighted by molar-refractivity contribution is 0.0776. The summed E-state index contributed by atoms with van der Waals surface area (Å²) in [6.45, 7) is 6.17. The highest BCUT2D eigenvalue weighted by Crippen LogP contribution is 2.22. The normalized spacial score (nSPS) is 12.9. The highest BCUT2D eigenvalue weighted by atomic mass is 32.2. The van der Waals surface area contributed by atoms with Crippen molar-refractivity contribution < 1.29 is 27.9 Å². The summed E-state index contributed by atoms with van der Waals surface area (Å²) in [5.74, 6) is -0.302. The standard InChI is InChI=1S/C33H44N4O6S/c1-6-16-35-32(39)25-18-26(20-27(19-25)34-4)33(40)36-30(17-24-10-8-7-9-11-24)31(38)22-37(21-23(2)3)44(41,42)29-14-12-28(43-5)13-15-29/h7-15,18-20,23,30-31,34,38H,6,16-17,21-22H2,1-5H3,(H,35,39)(H,36,40)/t30-,31+/m0/s1. The lowest BCUT2D eigenvalue weighted by atomic mass is 10.00. The molecule has 11 heteroatoms. The van der Waals surface area contributed by atoms with E-state index in [1.807, 2.05) is 51.1 Å². The summed E-state index contributed by atoms with van der Waals surface area (Å²) >= 11 is 0. The Labute approximate surface area is 260 Å². The van der Waals surface area contributed by atoms with Crippen LogP contribution in [0.25, 0.3) is 0 Å². The van der Waals surface area contributed by atoms with Gasteiger partial charge in [-0.2, -0.15) is 4.31 Å². The zero-order chi connectivity index (χ0) is 32.3. The van der Waals surface area contributed by atoms with E-state index in [2.05, 4.69) is 16.0 Å². The Morgan fingerprint density at radius 1 is 0.932 bits per heavy atom. The third-order valence-corrected chi connectivity index (χ3v) is 8.86. The second-order valence-electron chi connectivity index (χ2n) is 11.0. The molecule has 3 aromatic rings. The van der Waals surface area contributed by atoms with Crippen molar-refractivity contribution in [3.05, 3.63) is 89.5 Å². The average molecular weight is 625 g/mol. The van der Waals surface area contributed by atoms with Gasteiger partial charge in [-0.3, -0.25) is 9.59 Å². The van der Waals surface area contributed by atoms with E-state index in [4.69, 9.17) is 4.74 Å². The van der Waals surface area contributed by atoms with Crippen LogP contribution >= 0.6 is 0 Å². The van der Waals surface area contributed by atoms with E-state index in [1.54, 1.807) is 31.3 Å². The minimum Gasteiger partial charge on any atom is -0.497 e. The second kappa shape index (κ2) is 16.2. The van der Waals surface area contributed by atoms with Crippen molar-refractivity contribution in [2.75, 3.05) is 39.1 Å². The monoisotopic (exact) mass is 624 g/mol. The first-order chi connectivity index (χ1) is 21.0. The molecule has 238 valence electrons. The molecule has 0 radical (unpaired) electrons. The van der Waals surface area contributed by atoms with E-state index in [1.165, 1.54) is 29.6 Å². The molecule has 0 bridgehead atoms. The Bertz CT molecular complexity index is 1480. The average Bonchev–Trinajstić information content (AvgIpc) is 3.02. The molecule has 0 unspecified atom stereocenters. The minimum atomic E-state index is -3.98. The van der Waals surface area contributed by atoms with Gasteiger partial charge in [-0.05, 0) is 66.8 Å². The van der Waals surface area contributed by atoms with Gasteiger partial charge in [0.05, 0.1) is 24.2 Å². The number of nitrogens with one attached hydrogen (secondary N) is 3. The summed E-state index contributed by atoms with van der Waals surface area (Å²) in [6, 6.07) is 19.4. The van der Waals surface area contributed by atoms with E-state index >= 15 is 0 Å². The molecule has 0 spiro atoms. The summed E-state index contributed by atoms with van der Waals surface area (Å²) in [5, 5.41) is 20.3. The van der Waals surface area contributed by atoms with Gasteiger partial charge in [0, 0.05) is 43.5 Å². The fraction of sp³-hybridized carbons (Fsp3) is 0.394. The third kappa shape index (κ3) is 9.54.